The number of non-ortho nitro benzene ring substituents is 1. The van der Waals surface area contributed by atoms with Gasteiger partial charge in [0.25, 0.3) is 5.69 Å². The predicted molar refractivity (Wildman–Crippen MR) is 103 cm³/mol. The fourth-order valence-corrected chi connectivity index (χ4v) is 4.61. The molecule has 0 amide bonds. The summed E-state index contributed by atoms with van der Waals surface area (Å²) in [6, 6.07) is 13.6. The molecular formula is C22H16N2O4. The average Bonchev–Trinajstić information content (AvgIpc) is 2.99. The Morgan fingerprint density at radius 2 is 1.64 bits per heavy atom. The van der Waals surface area contributed by atoms with Gasteiger partial charge in [-0.15, -0.1) is 0 Å². The summed E-state index contributed by atoms with van der Waals surface area (Å²) in [7, 11) is 0. The first-order valence-corrected chi connectivity index (χ1v) is 9.29. The lowest BCUT2D eigenvalue weighted by Gasteiger charge is -2.34. The molecule has 0 spiro atoms. The van der Waals surface area contributed by atoms with E-state index < -0.39 is 16.8 Å². The highest BCUT2D eigenvalue weighted by Crippen LogP contribution is 2.49. The number of fused-ring (bicyclic) bond motifs is 3. The molecule has 2 aliphatic carbocycles. The molecule has 1 saturated carbocycles. The summed E-state index contributed by atoms with van der Waals surface area (Å²) >= 11 is 0. The molecule has 0 radical (unpaired) electrons. The van der Waals surface area contributed by atoms with Crippen LogP contribution >= 0.6 is 0 Å². The van der Waals surface area contributed by atoms with Crippen molar-refractivity contribution < 1.29 is 14.5 Å². The highest BCUT2D eigenvalue weighted by molar-refractivity contribution is 6.25. The SMILES string of the molecule is O=C1C2=C(N=C3CCCC(=O)C3[C@H]2c2ccc([N+](=O)[O-])cc2)c2ccccc21. The summed E-state index contributed by atoms with van der Waals surface area (Å²) in [6.45, 7) is 0. The van der Waals surface area contributed by atoms with E-state index in [2.05, 4.69) is 0 Å². The van der Waals surface area contributed by atoms with Gasteiger partial charge in [0.1, 0.15) is 5.78 Å². The molecule has 28 heavy (non-hydrogen) atoms. The number of hydrogen-bond donors (Lipinski definition) is 0. The minimum Gasteiger partial charge on any atom is -0.299 e. The number of nitro groups is 1. The van der Waals surface area contributed by atoms with Crippen molar-refractivity contribution >= 4 is 28.7 Å². The van der Waals surface area contributed by atoms with Gasteiger partial charge >= 0.3 is 0 Å². The summed E-state index contributed by atoms with van der Waals surface area (Å²) in [6.07, 6.45) is 1.96. The number of carbonyl (C=O) groups excluding carboxylic acids is 2. The second kappa shape index (κ2) is 6.05. The second-order valence-electron chi connectivity index (χ2n) is 7.36. The van der Waals surface area contributed by atoms with Crippen molar-refractivity contribution in [3.63, 3.8) is 0 Å². The van der Waals surface area contributed by atoms with Crippen LogP contribution in [0.1, 0.15) is 46.7 Å². The molecule has 2 aromatic carbocycles. The van der Waals surface area contributed by atoms with Crippen molar-refractivity contribution in [2.75, 3.05) is 0 Å². The van der Waals surface area contributed by atoms with Crippen LogP contribution in [-0.4, -0.2) is 22.2 Å². The van der Waals surface area contributed by atoms with Crippen LogP contribution in [0.4, 0.5) is 5.69 Å². The average molecular weight is 372 g/mol. The fraction of sp³-hybridized carbons (Fsp3) is 0.227. The number of allylic oxidation sites excluding steroid dienone is 1. The molecule has 6 nitrogen and oxygen atoms in total. The first kappa shape index (κ1) is 16.7. The number of nitro benzene ring substituents is 1. The number of carbonyl (C=O) groups is 2. The van der Waals surface area contributed by atoms with Crippen molar-refractivity contribution in [1.82, 2.24) is 0 Å². The Labute approximate surface area is 160 Å². The Morgan fingerprint density at radius 1 is 0.929 bits per heavy atom. The molecule has 0 bridgehead atoms. The second-order valence-corrected chi connectivity index (χ2v) is 7.36. The zero-order chi connectivity index (χ0) is 19.4. The van der Waals surface area contributed by atoms with Crippen LogP contribution in [0.3, 0.4) is 0 Å². The molecule has 0 aromatic heterocycles. The summed E-state index contributed by atoms with van der Waals surface area (Å²) < 4.78 is 0. The summed E-state index contributed by atoms with van der Waals surface area (Å²) in [5.41, 5.74) is 4.16. The van der Waals surface area contributed by atoms with Crippen LogP contribution in [0, 0.1) is 16.0 Å². The number of ketones is 2. The normalized spacial score (nSPS) is 23.1. The monoisotopic (exact) mass is 372 g/mol. The summed E-state index contributed by atoms with van der Waals surface area (Å²) in [4.78, 5) is 41.4. The van der Waals surface area contributed by atoms with E-state index in [9.17, 15) is 19.7 Å². The van der Waals surface area contributed by atoms with Crippen LogP contribution in [0.15, 0.2) is 59.1 Å². The summed E-state index contributed by atoms with van der Waals surface area (Å²) in [5, 5.41) is 11.0. The van der Waals surface area contributed by atoms with E-state index in [1.807, 2.05) is 18.2 Å². The van der Waals surface area contributed by atoms with Crippen LogP contribution in [0.25, 0.3) is 5.70 Å². The molecule has 1 fully saturated rings. The minimum atomic E-state index is -0.466. The predicted octanol–water partition coefficient (Wildman–Crippen LogP) is 4.11. The van der Waals surface area contributed by atoms with Gasteiger partial charge in [-0.2, -0.15) is 0 Å². The number of nitrogens with zero attached hydrogens (tertiary/aromatic N) is 2. The molecular weight excluding hydrogens is 356 g/mol. The Balaban J connectivity index is 1.71. The molecule has 1 aliphatic heterocycles. The van der Waals surface area contributed by atoms with Crippen molar-refractivity contribution in [3.8, 4) is 0 Å². The minimum absolute atomic E-state index is 0.0151. The van der Waals surface area contributed by atoms with Crippen LogP contribution in [0.5, 0.6) is 0 Å². The number of aliphatic imine (C=N–C) groups is 1. The maximum atomic E-state index is 13.2. The third kappa shape index (κ3) is 2.30. The standard InChI is InChI=1S/C22H16N2O4/c25-17-7-3-6-16-19(17)18(12-8-10-13(11-9-12)24(27)28)20-21(23-16)14-4-1-2-5-15(14)22(20)26/h1-2,4-5,8-11,18-19H,3,6-7H2/t18-,19?/m1/s1. The van der Waals surface area contributed by atoms with Crippen LogP contribution < -0.4 is 0 Å². The molecule has 3 aliphatic rings. The smallest absolute Gasteiger partial charge is 0.269 e. The first-order chi connectivity index (χ1) is 13.6. The van der Waals surface area contributed by atoms with Crippen molar-refractivity contribution in [1.29, 1.82) is 0 Å². The molecule has 1 heterocycles. The van der Waals surface area contributed by atoms with Gasteiger partial charge in [-0.3, -0.25) is 24.7 Å². The largest absolute Gasteiger partial charge is 0.299 e. The Hall–Kier alpha value is -3.41. The highest BCUT2D eigenvalue weighted by Gasteiger charge is 2.47. The van der Waals surface area contributed by atoms with E-state index in [1.54, 1.807) is 18.2 Å². The quantitative estimate of drug-likeness (QED) is 0.586. The van der Waals surface area contributed by atoms with Gasteiger partial charge in [-0.05, 0) is 18.4 Å². The van der Waals surface area contributed by atoms with Crippen molar-refractivity contribution in [2.45, 2.75) is 25.2 Å². The molecule has 5 rings (SSSR count). The number of benzene rings is 2. The van der Waals surface area contributed by atoms with Gasteiger partial charge in [-0.1, -0.05) is 36.4 Å². The zero-order valence-corrected chi connectivity index (χ0v) is 14.9. The lowest BCUT2D eigenvalue weighted by atomic mass is 9.69. The van der Waals surface area contributed by atoms with E-state index in [-0.39, 0.29) is 17.3 Å². The van der Waals surface area contributed by atoms with Gasteiger partial charge in [-0.25, -0.2) is 0 Å². The highest BCUT2D eigenvalue weighted by atomic mass is 16.6. The molecule has 138 valence electrons. The Bertz CT molecular complexity index is 1110. The molecule has 2 atom stereocenters. The van der Waals surface area contributed by atoms with Crippen molar-refractivity contribution in [3.05, 3.63) is 80.9 Å². The van der Waals surface area contributed by atoms with Gasteiger partial charge in [0.2, 0.25) is 0 Å². The third-order valence-corrected chi connectivity index (χ3v) is 5.85. The lowest BCUT2D eigenvalue weighted by Crippen LogP contribution is -2.37. The topological polar surface area (TPSA) is 89.6 Å². The maximum absolute atomic E-state index is 13.2. The molecule has 0 saturated heterocycles. The van der Waals surface area contributed by atoms with Gasteiger partial charge in [0, 0.05) is 46.9 Å². The van der Waals surface area contributed by atoms with E-state index in [0.717, 1.165) is 29.7 Å². The number of Topliss-reactive ketones (excluding diaryl/α,β-unsaturated/α-hetero) is 2. The maximum Gasteiger partial charge on any atom is 0.269 e. The van der Waals surface area contributed by atoms with Crippen molar-refractivity contribution in [2.24, 2.45) is 10.9 Å². The third-order valence-electron chi connectivity index (χ3n) is 5.85. The van der Waals surface area contributed by atoms with Gasteiger partial charge in [0.05, 0.1) is 16.5 Å². The first-order valence-electron chi connectivity index (χ1n) is 9.29. The molecule has 6 heteroatoms. The van der Waals surface area contributed by atoms with Crippen LogP contribution in [0.2, 0.25) is 0 Å². The summed E-state index contributed by atoms with van der Waals surface area (Å²) in [5.74, 6) is -0.929. The van der Waals surface area contributed by atoms with Gasteiger partial charge in [0.15, 0.2) is 5.78 Å². The zero-order valence-electron chi connectivity index (χ0n) is 14.9. The Kier molecular flexibility index (Phi) is 3.62. The molecule has 0 N–H and O–H groups in total. The number of rotatable bonds is 2. The molecule has 2 aromatic rings. The molecule has 1 unspecified atom stereocenters. The number of hydrogen-bond acceptors (Lipinski definition) is 5. The fourth-order valence-electron chi connectivity index (χ4n) is 4.61. The lowest BCUT2D eigenvalue weighted by molar-refractivity contribution is -0.384. The van der Waals surface area contributed by atoms with E-state index in [0.29, 0.717) is 23.3 Å². The van der Waals surface area contributed by atoms with E-state index in [4.69, 9.17) is 4.99 Å². The van der Waals surface area contributed by atoms with E-state index >= 15 is 0 Å². The van der Waals surface area contributed by atoms with E-state index in [1.165, 1.54) is 12.1 Å². The van der Waals surface area contributed by atoms with Gasteiger partial charge < -0.3 is 0 Å². The van der Waals surface area contributed by atoms with Crippen LogP contribution in [-0.2, 0) is 4.79 Å². The Morgan fingerprint density at radius 3 is 2.36 bits per heavy atom.